The molecule has 1 aliphatic carbocycles. The molecule has 0 bridgehead atoms. The van der Waals surface area contributed by atoms with Gasteiger partial charge in [-0.25, -0.2) is 13.1 Å². The fraction of sp³-hybridized carbons (Fsp3) is 0.538. The maximum absolute atomic E-state index is 12.2. The van der Waals surface area contributed by atoms with Crippen molar-refractivity contribution in [3.63, 3.8) is 0 Å². The predicted molar refractivity (Wildman–Crippen MR) is 75.2 cm³/mol. The van der Waals surface area contributed by atoms with Crippen LogP contribution in [0.1, 0.15) is 25.7 Å². The van der Waals surface area contributed by atoms with Crippen molar-refractivity contribution in [1.82, 2.24) is 4.72 Å². The van der Waals surface area contributed by atoms with Crippen molar-refractivity contribution in [2.24, 2.45) is 0 Å². The third kappa shape index (κ3) is 3.84. The third-order valence-electron chi connectivity index (χ3n) is 3.35. The molecular weight excluding hydrogens is 286 g/mol. The van der Waals surface area contributed by atoms with Gasteiger partial charge in [0, 0.05) is 11.4 Å². The van der Waals surface area contributed by atoms with E-state index in [9.17, 15) is 8.42 Å². The Kier molecular flexibility index (Phi) is 4.71. The molecule has 0 atom stereocenters. The minimum absolute atomic E-state index is 0.0119. The molecular formula is C13H18ClNO3S. The van der Waals surface area contributed by atoms with Crippen LogP contribution in [0.5, 0.6) is 5.75 Å². The van der Waals surface area contributed by atoms with Crippen LogP contribution < -0.4 is 9.46 Å². The molecule has 0 amide bonds. The van der Waals surface area contributed by atoms with E-state index in [0.29, 0.717) is 5.75 Å². The molecule has 2 rings (SSSR count). The van der Waals surface area contributed by atoms with E-state index in [4.69, 9.17) is 16.3 Å². The van der Waals surface area contributed by atoms with Crippen LogP contribution in [0.15, 0.2) is 29.2 Å². The fourth-order valence-electron chi connectivity index (χ4n) is 2.21. The number of rotatable bonds is 4. The van der Waals surface area contributed by atoms with E-state index in [1.54, 1.807) is 31.4 Å². The molecule has 0 spiro atoms. The van der Waals surface area contributed by atoms with E-state index >= 15 is 0 Å². The second kappa shape index (κ2) is 6.11. The number of benzene rings is 1. The average Bonchev–Trinajstić information content (AvgIpc) is 2.41. The van der Waals surface area contributed by atoms with E-state index in [1.165, 1.54) is 0 Å². The lowest BCUT2D eigenvalue weighted by molar-refractivity contribution is 0.413. The first-order valence-electron chi connectivity index (χ1n) is 6.32. The lowest BCUT2D eigenvalue weighted by Crippen LogP contribution is -2.37. The molecule has 1 aromatic carbocycles. The maximum atomic E-state index is 12.2. The van der Waals surface area contributed by atoms with Gasteiger partial charge in [-0.05, 0) is 49.9 Å². The molecule has 1 aromatic rings. The lowest BCUT2D eigenvalue weighted by atomic mass is 9.96. The number of nitrogens with one attached hydrogen (secondary N) is 1. The molecule has 0 saturated heterocycles. The predicted octanol–water partition coefficient (Wildman–Crippen LogP) is 2.52. The van der Waals surface area contributed by atoms with Crippen molar-refractivity contribution in [1.29, 1.82) is 0 Å². The number of ether oxygens (including phenoxy) is 1. The third-order valence-corrected chi connectivity index (χ3v) is 5.32. The number of sulfonamides is 1. The lowest BCUT2D eigenvalue weighted by Gasteiger charge is -2.25. The zero-order chi connectivity index (χ0) is 13.9. The van der Waals surface area contributed by atoms with Crippen molar-refractivity contribution < 1.29 is 13.2 Å². The van der Waals surface area contributed by atoms with Crippen LogP contribution in [0, 0.1) is 0 Å². The summed E-state index contributed by atoms with van der Waals surface area (Å²) in [4.78, 5) is 0.265. The highest BCUT2D eigenvalue weighted by Crippen LogP contribution is 2.24. The van der Waals surface area contributed by atoms with Crippen molar-refractivity contribution >= 4 is 21.6 Å². The molecule has 0 aromatic heterocycles. The first-order chi connectivity index (χ1) is 9.01. The molecule has 1 fully saturated rings. The van der Waals surface area contributed by atoms with E-state index in [-0.39, 0.29) is 16.3 Å². The largest absolute Gasteiger partial charge is 0.497 e. The Labute approximate surface area is 119 Å². The molecule has 1 N–H and O–H groups in total. The van der Waals surface area contributed by atoms with E-state index < -0.39 is 10.0 Å². The molecule has 4 nitrogen and oxygen atoms in total. The number of hydrogen-bond acceptors (Lipinski definition) is 3. The van der Waals surface area contributed by atoms with Crippen molar-refractivity contribution in [3.8, 4) is 5.75 Å². The summed E-state index contributed by atoms with van der Waals surface area (Å²) in [5.41, 5.74) is 0. The quantitative estimate of drug-likeness (QED) is 0.870. The van der Waals surface area contributed by atoms with Crippen molar-refractivity contribution in [2.45, 2.75) is 42.0 Å². The van der Waals surface area contributed by atoms with Crippen LogP contribution in [0.2, 0.25) is 0 Å². The summed E-state index contributed by atoms with van der Waals surface area (Å²) in [6.07, 6.45) is 3.31. The van der Waals surface area contributed by atoms with Crippen LogP contribution in [0.4, 0.5) is 0 Å². The highest BCUT2D eigenvalue weighted by atomic mass is 35.5. The van der Waals surface area contributed by atoms with E-state index in [0.717, 1.165) is 25.7 Å². The molecule has 1 aliphatic rings. The van der Waals surface area contributed by atoms with Crippen LogP contribution >= 0.6 is 11.6 Å². The Morgan fingerprint density at radius 2 is 1.74 bits per heavy atom. The Balaban J connectivity index is 2.05. The Hall–Kier alpha value is -0.780. The molecule has 0 radical (unpaired) electrons. The minimum Gasteiger partial charge on any atom is -0.497 e. The second-order valence-electron chi connectivity index (χ2n) is 4.75. The maximum Gasteiger partial charge on any atom is 0.240 e. The van der Waals surface area contributed by atoms with Gasteiger partial charge in [0.2, 0.25) is 10.0 Å². The van der Waals surface area contributed by atoms with Gasteiger partial charge in [-0.15, -0.1) is 11.6 Å². The highest BCUT2D eigenvalue weighted by molar-refractivity contribution is 7.89. The Morgan fingerprint density at radius 3 is 2.26 bits per heavy atom. The van der Waals surface area contributed by atoms with Crippen molar-refractivity contribution in [2.75, 3.05) is 7.11 Å². The van der Waals surface area contributed by atoms with Crippen LogP contribution in [-0.2, 0) is 10.0 Å². The van der Waals surface area contributed by atoms with Gasteiger partial charge in [0.25, 0.3) is 0 Å². The van der Waals surface area contributed by atoms with Gasteiger partial charge in [0.05, 0.1) is 12.0 Å². The summed E-state index contributed by atoms with van der Waals surface area (Å²) < 4.78 is 32.1. The van der Waals surface area contributed by atoms with Gasteiger partial charge in [-0.2, -0.15) is 0 Å². The minimum atomic E-state index is -3.45. The molecule has 6 heteroatoms. The normalized spacial score (nSPS) is 24.1. The zero-order valence-corrected chi connectivity index (χ0v) is 12.4. The summed E-state index contributed by atoms with van der Waals surface area (Å²) in [5.74, 6) is 0.640. The van der Waals surface area contributed by atoms with Crippen LogP contribution in [-0.4, -0.2) is 26.9 Å². The summed E-state index contributed by atoms with van der Waals surface area (Å²) in [6, 6.07) is 6.37. The van der Waals surface area contributed by atoms with Gasteiger partial charge >= 0.3 is 0 Å². The summed E-state index contributed by atoms with van der Waals surface area (Å²) in [5, 5.41) is 0.182. The number of halogens is 1. The molecule has 0 unspecified atom stereocenters. The second-order valence-corrected chi connectivity index (χ2v) is 7.08. The smallest absolute Gasteiger partial charge is 0.240 e. The van der Waals surface area contributed by atoms with Gasteiger partial charge in [0.15, 0.2) is 0 Å². The number of hydrogen-bond donors (Lipinski definition) is 1. The molecule has 0 heterocycles. The standard InChI is InChI=1S/C13H18ClNO3S/c1-18-12-6-8-13(9-7-12)19(16,17)15-11-4-2-10(14)3-5-11/h6-11,15H,2-5H2,1H3. The van der Waals surface area contributed by atoms with Gasteiger partial charge in [0.1, 0.15) is 5.75 Å². The molecule has 0 aliphatic heterocycles. The van der Waals surface area contributed by atoms with Gasteiger partial charge in [-0.1, -0.05) is 0 Å². The summed E-state index contributed by atoms with van der Waals surface area (Å²) >= 11 is 6.01. The zero-order valence-electron chi connectivity index (χ0n) is 10.8. The number of methoxy groups -OCH3 is 1. The van der Waals surface area contributed by atoms with Crippen LogP contribution in [0.25, 0.3) is 0 Å². The first kappa shape index (κ1) is 14.6. The Bertz CT molecular complexity index is 507. The Morgan fingerprint density at radius 1 is 1.16 bits per heavy atom. The molecule has 19 heavy (non-hydrogen) atoms. The summed E-state index contributed by atoms with van der Waals surface area (Å²) in [6.45, 7) is 0. The fourth-order valence-corrected chi connectivity index (χ4v) is 3.77. The number of alkyl halides is 1. The van der Waals surface area contributed by atoms with Crippen LogP contribution in [0.3, 0.4) is 0 Å². The SMILES string of the molecule is COc1ccc(S(=O)(=O)NC2CCC(Cl)CC2)cc1. The van der Waals surface area contributed by atoms with E-state index in [1.807, 2.05) is 0 Å². The average molecular weight is 304 g/mol. The molecule has 106 valence electrons. The van der Waals surface area contributed by atoms with Gasteiger partial charge < -0.3 is 4.74 Å². The van der Waals surface area contributed by atoms with Gasteiger partial charge in [-0.3, -0.25) is 0 Å². The first-order valence-corrected chi connectivity index (χ1v) is 8.23. The molecule has 1 saturated carbocycles. The highest BCUT2D eigenvalue weighted by Gasteiger charge is 2.24. The van der Waals surface area contributed by atoms with Crippen molar-refractivity contribution in [3.05, 3.63) is 24.3 Å². The van der Waals surface area contributed by atoms with E-state index in [2.05, 4.69) is 4.72 Å². The topological polar surface area (TPSA) is 55.4 Å². The monoisotopic (exact) mass is 303 g/mol. The summed E-state index contributed by atoms with van der Waals surface area (Å²) in [7, 11) is -1.90.